The molecular weight excluding hydrogens is 396 g/mol. The quantitative estimate of drug-likeness (QED) is 0.440. The molecule has 0 radical (unpaired) electrons. The Morgan fingerprint density at radius 2 is 2.27 bits per heavy atom. The Labute approximate surface area is 159 Å². The van der Waals surface area contributed by atoms with Crippen molar-refractivity contribution < 1.29 is 17.9 Å². The van der Waals surface area contributed by atoms with Crippen molar-refractivity contribution in [3.63, 3.8) is 0 Å². The van der Waals surface area contributed by atoms with E-state index in [2.05, 4.69) is 22.1 Å². The monoisotopic (exact) mass is 412 g/mol. The van der Waals surface area contributed by atoms with Crippen LogP contribution in [0, 0.1) is 0 Å². The highest BCUT2D eigenvalue weighted by Crippen LogP contribution is 2.35. The molecule has 1 amide bonds. The number of ether oxygens (including phenoxy) is 1. The largest absolute Gasteiger partial charge is 0.476 e. The van der Waals surface area contributed by atoms with Gasteiger partial charge < -0.3 is 4.74 Å². The lowest BCUT2D eigenvalue weighted by molar-refractivity contribution is -0.122. The Morgan fingerprint density at radius 3 is 3.00 bits per heavy atom. The maximum absolute atomic E-state index is 12.5. The summed E-state index contributed by atoms with van der Waals surface area (Å²) in [4.78, 5) is 12.5. The lowest BCUT2D eigenvalue weighted by atomic mass is 10.2. The van der Waals surface area contributed by atoms with E-state index in [1.165, 1.54) is 27.4 Å². The Balaban J connectivity index is 1.76. The van der Waals surface area contributed by atoms with Gasteiger partial charge in [0.05, 0.1) is 18.5 Å². The van der Waals surface area contributed by atoms with E-state index in [-0.39, 0.29) is 6.54 Å². The lowest BCUT2D eigenvalue weighted by Crippen LogP contribution is -2.48. The number of anilines is 2. The van der Waals surface area contributed by atoms with Gasteiger partial charge >= 0.3 is 0 Å². The van der Waals surface area contributed by atoms with Gasteiger partial charge in [0, 0.05) is 5.75 Å². The summed E-state index contributed by atoms with van der Waals surface area (Å²) in [5.74, 6) is 0.544. The molecule has 1 N–H and O–H groups in total. The van der Waals surface area contributed by atoms with Gasteiger partial charge in [-0.1, -0.05) is 41.3 Å². The highest BCUT2D eigenvalue weighted by molar-refractivity contribution is 8.01. The lowest BCUT2D eigenvalue weighted by Gasteiger charge is -2.33. The second-order valence-electron chi connectivity index (χ2n) is 5.33. The van der Waals surface area contributed by atoms with E-state index in [1.54, 1.807) is 30.3 Å². The molecule has 0 spiro atoms. The van der Waals surface area contributed by atoms with Crippen LogP contribution in [-0.4, -0.2) is 49.2 Å². The van der Waals surface area contributed by atoms with Crippen LogP contribution in [0.5, 0.6) is 5.75 Å². The summed E-state index contributed by atoms with van der Waals surface area (Å²) in [5, 5.41) is 10.8. The number of amides is 1. The molecule has 8 nitrogen and oxygen atoms in total. The number of carbonyl (C=O) groups is 1. The average Bonchev–Trinajstić information content (AvgIpc) is 3.05. The van der Waals surface area contributed by atoms with Gasteiger partial charge in [0.25, 0.3) is 5.91 Å². The predicted octanol–water partition coefficient (Wildman–Crippen LogP) is 1.98. The maximum Gasteiger partial charge on any atom is 0.269 e. The molecule has 2 aromatic rings. The first kappa shape index (κ1) is 18.7. The van der Waals surface area contributed by atoms with Gasteiger partial charge in [-0.15, -0.1) is 16.8 Å². The summed E-state index contributed by atoms with van der Waals surface area (Å²) < 4.78 is 31.7. The molecule has 1 aliphatic heterocycles. The van der Waals surface area contributed by atoms with E-state index in [0.717, 1.165) is 6.26 Å². The third-order valence-corrected chi connectivity index (χ3v) is 6.50. The third-order valence-electron chi connectivity index (χ3n) is 3.39. The molecule has 0 saturated carbocycles. The zero-order valence-corrected chi connectivity index (χ0v) is 16.2. The van der Waals surface area contributed by atoms with Gasteiger partial charge in [-0.25, -0.2) is 8.42 Å². The number of sulfonamides is 1. The smallest absolute Gasteiger partial charge is 0.269 e. The Morgan fingerprint density at radius 1 is 1.50 bits per heavy atom. The minimum absolute atomic E-state index is 0.113. The number of carbonyl (C=O) groups excluding carboxylic acids is 1. The summed E-state index contributed by atoms with van der Waals surface area (Å²) in [6.07, 6.45) is 1.85. The van der Waals surface area contributed by atoms with Crippen LogP contribution >= 0.6 is 23.1 Å². The minimum atomic E-state index is -3.55. The number of thioether (sulfide) groups is 1. The van der Waals surface area contributed by atoms with E-state index in [1.807, 2.05) is 0 Å². The van der Waals surface area contributed by atoms with Crippen LogP contribution in [0.25, 0.3) is 0 Å². The van der Waals surface area contributed by atoms with E-state index in [9.17, 15) is 13.2 Å². The van der Waals surface area contributed by atoms with Crippen molar-refractivity contribution in [2.24, 2.45) is 0 Å². The molecule has 0 fully saturated rings. The summed E-state index contributed by atoms with van der Waals surface area (Å²) in [5.41, 5.74) is 0.415. The predicted molar refractivity (Wildman–Crippen MR) is 103 cm³/mol. The van der Waals surface area contributed by atoms with Crippen molar-refractivity contribution >= 4 is 49.8 Å². The highest BCUT2D eigenvalue weighted by Gasteiger charge is 2.35. The van der Waals surface area contributed by atoms with Crippen molar-refractivity contribution in [3.05, 3.63) is 36.9 Å². The van der Waals surface area contributed by atoms with E-state index in [4.69, 9.17) is 4.74 Å². The molecule has 1 aromatic heterocycles. The van der Waals surface area contributed by atoms with Gasteiger partial charge in [0.2, 0.25) is 15.2 Å². The number of para-hydroxylation sites is 2. The van der Waals surface area contributed by atoms with Crippen LogP contribution in [0.3, 0.4) is 0 Å². The molecule has 3 rings (SSSR count). The van der Waals surface area contributed by atoms with Crippen molar-refractivity contribution in [2.45, 2.75) is 10.4 Å². The second-order valence-corrected chi connectivity index (χ2v) is 9.48. The van der Waals surface area contributed by atoms with Gasteiger partial charge in [0.15, 0.2) is 10.4 Å². The Hall–Kier alpha value is -2.11. The summed E-state index contributed by atoms with van der Waals surface area (Å²) >= 11 is 2.69. The second kappa shape index (κ2) is 7.64. The third kappa shape index (κ3) is 4.17. The molecule has 0 aliphatic carbocycles. The molecule has 0 saturated heterocycles. The fraction of sp³-hybridized carbons (Fsp3) is 0.267. The maximum atomic E-state index is 12.5. The zero-order chi connectivity index (χ0) is 18.7. The van der Waals surface area contributed by atoms with Gasteiger partial charge in [0.1, 0.15) is 5.75 Å². The molecular formula is C15H16N4O4S3. The van der Waals surface area contributed by atoms with E-state index in [0.29, 0.717) is 26.7 Å². The first-order valence-electron chi connectivity index (χ1n) is 7.50. The highest BCUT2D eigenvalue weighted by atomic mass is 32.2. The topological polar surface area (TPSA) is 101 Å². The molecule has 1 aliphatic rings. The molecule has 138 valence electrons. The number of nitrogens with one attached hydrogen (secondary N) is 1. The SMILES string of the molecule is C=CCSc1nnc(NC(=O)[C@@H]2CN(S(C)(=O)=O)c3ccccc3O2)s1. The van der Waals surface area contributed by atoms with Crippen LogP contribution < -0.4 is 14.4 Å². The van der Waals surface area contributed by atoms with Gasteiger partial charge in [-0.3, -0.25) is 14.4 Å². The summed E-state index contributed by atoms with van der Waals surface area (Å²) in [7, 11) is -3.55. The van der Waals surface area contributed by atoms with Crippen LogP contribution in [0.2, 0.25) is 0 Å². The first-order valence-corrected chi connectivity index (χ1v) is 11.1. The molecule has 1 atom stereocenters. The average molecular weight is 413 g/mol. The van der Waals surface area contributed by atoms with Crippen LogP contribution in [0.1, 0.15) is 0 Å². The summed E-state index contributed by atoms with van der Waals surface area (Å²) in [6.45, 7) is 3.52. The fourth-order valence-corrected chi connectivity index (χ4v) is 4.72. The number of nitrogens with zero attached hydrogens (tertiary/aromatic N) is 3. The van der Waals surface area contributed by atoms with Gasteiger partial charge in [-0.05, 0) is 12.1 Å². The number of aromatic nitrogens is 2. The Bertz CT molecular complexity index is 928. The number of benzene rings is 1. The van der Waals surface area contributed by atoms with Gasteiger partial charge in [-0.2, -0.15) is 0 Å². The number of fused-ring (bicyclic) bond motifs is 1. The fourth-order valence-electron chi connectivity index (χ4n) is 2.29. The molecule has 2 heterocycles. The molecule has 11 heteroatoms. The molecule has 0 bridgehead atoms. The molecule has 1 aromatic carbocycles. The van der Waals surface area contributed by atoms with Crippen LogP contribution in [0.15, 0.2) is 41.3 Å². The minimum Gasteiger partial charge on any atom is -0.476 e. The van der Waals surface area contributed by atoms with Crippen molar-refractivity contribution in [3.8, 4) is 5.75 Å². The summed E-state index contributed by atoms with van der Waals surface area (Å²) in [6, 6.07) is 6.69. The standard InChI is InChI=1S/C15H16N4O4S3/c1-3-8-24-15-18-17-14(25-15)16-13(20)12-9-19(26(2,21)22)10-6-4-5-7-11(10)23-12/h3-7,12H,1,8-9H2,2H3,(H,16,17,20)/t12-/m0/s1. The molecule has 0 unspecified atom stereocenters. The normalized spacial score (nSPS) is 16.5. The van der Waals surface area contributed by atoms with Crippen molar-refractivity contribution in [1.82, 2.24) is 10.2 Å². The molecule has 26 heavy (non-hydrogen) atoms. The number of hydrogen-bond acceptors (Lipinski definition) is 8. The van der Waals surface area contributed by atoms with Crippen LogP contribution in [0.4, 0.5) is 10.8 Å². The number of hydrogen-bond donors (Lipinski definition) is 1. The van der Waals surface area contributed by atoms with Crippen molar-refractivity contribution in [1.29, 1.82) is 0 Å². The van der Waals surface area contributed by atoms with E-state index >= 15 is 0 Å². The first-order chi connectivity index (χ1) is 12.4. The Kier molecular flexibility index (Phi) is 5.49. The van der Waals surface area contributed by atoms with Crippen LogP contribution in [-0.2, 0) is 14.8 Å². The van der Waals surface area contributed by atoms with E-state index < -0.39 is 22.0 Å². The number of rotatable bonds is 6. The van der Waals surface area contributed by atoms with Crippen molar-refractivity contribution in [2.75, 3.05) is 28.2 Å². The zero-order valence-electron chi connectivity index (χ0n) is 13.8.